The zero-order valence-electron chi connectivity index (χ0n) is 9.50. The Balaban J connectivity index is 2.14. The Hall–Kier alpha value is -1.33. The van der Waals surface area contributed by atoms with Crippen LogP contribution in [-0.4, -0.2) is 29.6 Å². The van der Waals surface area contributed by atoms with Crippen molar-refractivity contribution in [1.82, 2.24) is 10.3 Å². The van der Waals surface area contributed by atoms with E-state index in [1.807, 2.05) is 6.92 Å². The van der Waals surface area contributed by atoms with Gasteiger partial charge in [-0.05, 0) is 25.5 Å². The molecular formula is C11H14ClN3O2. The number of carbonyl (C=O) groups is 1. The summed E-state index contributed by atoms with van der Waals surface area (Å²) in [5.41, 5.74) is 5.63. The second kappa shape index (κ2) is 4.50. The molecule has 0 radical (unpaired) electrons. The molecule has 2 rings (SSSR count). The highest BCUT2D eigenvalue weighted by Crippen LogP contribution is 2.19. The van der Waals surface area contributed by atoms with E-state index in [0.717, 1.165) is 6.42 Å². The molecule has 1 amide bonds. The molecule has 0 bridgehead atoms. The minimum absolute atomic E-state index is 0.211. The monoisotopic (exact) mass is 255 g/mol. The minimum atomic E-state index is -0.318. The van der Waals surface area contributed by atoms with E-state index in [-0.39, 0.29) is 22.4 Å². The largest absolute Gasteiger partial charge is 0.384 e. The van der Waals surface area contributed by atoms with Crippen LogP contribution in [0.4, 0.5) is 5.82 Å². The lowest BCUT2D eigenvalue weighted by Gasteiger charge is -2.23. The van der Waals surface area contributed by atoms with Crippen LogP contribution in [0.1, 0.15) is 23.7 Å². The molecule has 0 spiro atoms. The predicted molar refractivity (Wildman–Crippen MR) is 65.0 cm³/mol. The van der Waals surface area contributed by atoms with Crippen LogP contribution < -0.4 is 11.1 Å². The first-order valence-corrected chi connectivity index (χ1v) is 5.70. The lowest BCUT2D eigenvalue weighted by Crippen LogP contribution is -2.46. The zero-order valence-corrected chi connectivity index (χ0v) is 10.3. The van der Waals surface area contributed by atoms with E-state index < -0.39 is 0 Å². The molecule has 1 aromatic heterocycles. The van der Waals surface area contributed by atoms with E-state index >= 15 is 0 Å². The summed E-state index contributed by atoms with van der Waals surface area (Å²) in [5.74, 6) is 0.0180. The number of halogens is 1. The number of rotatable bonds is 2. The summed E-state index contributed by atoms with van der Waals surface area (Å²) >= 11 is 5.75. The molecule has 3 N–H and O–H groups in total. The number of ether oxygens (including phenoxy) is 1. The molecule has 2 heterocycles. The van der Waals surface area contributed by atoms with Crippen LogP contribution in [0, 0.1) is 0 Å². The normalized spacial score (nSPS) is 23.6. The van der Waals surface area contributed by atoms with Gasteiger partial charge in [0, 0.05) is 12.2 Å². The third-order valence-electron chi connectivity index (χ3n) is 2.71. The molecule has 1 aliphatic rings. The van der Waals surface area contributed by atoms with Crippen molar-refractivity contribution in [3.63, 3.8) is 0 Å². The molecule has 1 unspecified atom stereocenters. The van der Waals surface area contributed by atoms with Gasteiger partial charge in [0.15, 0.2) is 0 Å². The van der Waals surface area contributed by atoms with Crippen LogP contribution in [0.5, 0.6) is 0 Å². The van der Waals surface area contributed by atoms with Crippen molar-refractivity contribution < 1.29 is 9.53 Å². The molecule has 92 valence electrons. The molecule has 6 heteroatoms. The van der Waals surface area contributed by atoms with Crippen LogP contribution in [0.15, 0.2) is 12.1 Å². The molecule has 1 atom stereocenters. The Bertz CT molecular complexity index is 424. The van der Waals surface area contributed by atoms with Crippen molar-refractivity contribution in [3.8, 4) is 0 Å². The van der Waals surface area contributed by atoms with Crippen molar-refractivity contribution in [1.29, 1.82) is 0 Å². The molecule has 1 aromatic rings. The van der Waals surface area contributed by atoms with Gasteiger partial charge in [0.05, 0.1) is 12.1 Å². The Morgan fingerprint density at radius 2 is 2.41 bits per heavy atom. The Kier molecular flexibility index (Phi) is 3.22. The van der Waals surface area contributed by atoms with E-state index in [1.54, 1.807) is 0 Å². The van der Waals surface area contributed by atoms with Crippen LogP contribution in [0.25, 0.3) is 0 Å². The minimum Gasteiger partial charge on any atom is -0.384 e. The first kappa shape index (κ1) is 12.1. The number of aromatic nitrogens is 1. The Labute approximate surface area is 104 Å². The van der Waals surface area contributed by atoms with Gasteiger partial charge in [-0.15, -0.1) is 0 Å². The van der Waals surface area contributed by atoms with E-state index in [0.29, 0.717) is 18.8 Å². The summed E-state index contributed by atoms with van der Waals surface area (Å²) in [7, 11) is 0. The SMILES string of the molecule is CC1(NC(=O)c2cc(N)nc(Cl)c2)CCOC1. The lowest BCUT2D eigenvalue weighted by atomic mass is 10.0. The number of anilines is 1. The number of pyridine rings is 1. The Morgan fingerprint density at radius 3 is 3.00 bits per heavy atom. The molecule has 1 fully saturated rings. The highest BCUT2D eigenvalue weighted by Gasteiger charge is 2.31. The van der Waals surface area contributed by atoms with Gasteiger partial charge in [-0.25, -0.2) is 4.98 Å². The Morgan fingerprint density at radius 1 is 1.65 bits per heavy atom. The van der Waals surface area contributed by atoms with Gasteiger partial charge >= 0.3 is 0 Å². The lowest BCUT2D eigenvalue weighted by molar-refractivity contribution is 0.0890. The van der Waals surface area contributed by atoms with Gasteiger partial charge in [-0.1, -0.05) is 11.6 Å². The fraction of sp³-hybridized carbons (Fsp3) is 0.455. The number of hydrogen-bond acceptors (Lipinski definition) is 4. The summed E-state index contributed by atoms with van der Waals surface area (Å²) in [6, 6.07) is 2.99. The quantitative estimate of drug-likeness (QED) is 0.779. The molecule has 0 aromatic carbocycles. The first-order valence-electron chi connectivity index (χ1n) is 5.32. The number of nitrogens with one attached hydrogen (secondary N) is 1. The predicted octanol–water partition coefficient (Wildman–Crippen LogP) is 1.23. The maximum atomic E-state index is 12.0. The number of amides is 1. The van der Waals surface area contributed by atoms with E-state index in [1.165, 1.54) is 12.1 Å². The summed E-state index contributed by atoms with van der Waals surface area (Å²) in [4.78, 5) is 15.8. The van der Waals surface area contributed by atoms with Crippen molar-refractivity contribution in [2.24, 2.45) is 0 Å². The number of nitrogen functional groups attached to an aromatic ring is 1. The topological polar surface area (TPSA) is 77.2 Å². The standard InChI is InChI=1S/C11H14ClN3O2/c1-11(2-3-17-6-11)15-10(16)7-4-8(12)14-9(13)5-7/h4-5H,2-3,6H2,1H3,(H2,13,14)(H,15,16). The van der Waals surface area contributed by atoms with Crippen molar-refractivity contribution in [2.45, 2.75) is 18.9 Å². The summed E-state index contributed by atoms with van der Waals surface area (Å²) in [6.45, 7) is 3.13. The molecular weight excluding hydrogens is 242 g/mol. The highest BCUT2D eigenvalue weighted by molar-refractivity contribution is 6.29. The van der Waals surface area contributed by atoms with Gasteiger partial charge in [0.1, 0.15) is 11.0 Å². The third kappa shape index (κ3) is 2.87. The smallest absolute Gasteiger partial charge is 0.252 e. The molecule has 0 saturated carbocycles. The molecule has 5 nitrogen and oxygen atoms in total. The molecule has 0 aliphatic carbocycles. The molecule has 1 saturated heterocycles. The van der Waals surface area contributed by atoms with Gasteiger partial charge in [-0.3, -0.25) is 4.79 Å². The average Bonchev–Trinajstić information content (AvgIpc) is 2.63. The van der Waals surface area contributed by atoms with Crippen LogP contribution in [0.2, 0.25) is 5.15 Å². The van der Waals surface area contributed by atoms with Crippen molar-refractivity contribution in [2.75, 3.05) is 18.9 Å². The fourth-order valence-electron chi connectivity index (χ4n) is 1.76. The van der Waals surface area contributed by atoms with Gasteiger partial charge in [0.25, 0.3) is 5.91 Å². The molecule has 17 heavy (non-hydrogen) atoms. The van der Waals surface area contributed by atoms with E-state index in [4.69, 9.17) is 22.1 Å². The second-order valence-corrected chi connectivity index (χ2v) is 4.81. The van der Waals surface area contributed by atoms with Crippen molar-refractivity contribution >= 4 is 23.3 Å². The summed E-state index contributed by atoms with van der Waals surface area (Å²) in [6.07, 6.45) is 0.799. The maximum absolute atomic E-state index is 12.0. The first-order chi connectivity index (χ1) is 7.98. The van der Waals surface area contributed by atoms with Gasteiger partial charge in [0.2, 0.25) is 0 Å². The average molecular weight is 256 g/mol. The highest BCUT2D eigenvalue weighted by atomic mass is 35.5. The van der Waals surface area contributed by atoms with Gasteiger partial charge in [-0.2, -0.15) is 0 Å². The number of carbonyl (C=O) groups excluding carboxylic acids is 1. The fourth-order valence-corrected chi connectivity index (χ4v) is 1.98. The summed E-state index contributed by atoms with van der Waals surface area (Å²) < 4.78 is 5.27. The van der Waals surface area contributed by atoms with Crippen LogP contribution in [-0.2, 0) is 4.74 Å². The van der Waals surface area contributed by atoms with Crippen LogP contribution >= 0.6 is 11.6 Å². The maximum Gasteiger partial charge on any atom is 0.252 e. The van der Waals surface area contributed by atoms with E-state index in [2.05, 4.69) is 10.3 Å². The zero-order chi connectivity index (χ0) is 12.5. The van der Waals surface area contributed by atoms with E-state index in [9.17, 15) is 4.79 Å². The second-order valence-electron chi connectivity index (χ2n) is 4.42. The third-order valence-corrected chi connectivity index (χ3v) is 2.90. The molecule has 1 aliphatic heterocycles. The number of nitrogens with two attached hydrogens (primary N) is 1. The summed E-state index contributed by atoms with van der Waals surface area (Å²) in [5, 5.41) is 3.13. The van der Waals surface area contributed by atoms with Gasteiger partial charge < -0.3 is 15.8 Å². The van der Waals surface area contributed by atoms with Crippen molar-refractivity contribution in [3.05, 3.63) is 22.8 Å². The number of hydrogen-bond donors (Lipinski definition) is 2. The van der Waals surface area contributed by atoms with Crippen LogP contribution in [0.3, 0.4) is 0 Å². The number of nitrogens with zero attached hydrogens (tertiary/aromatic N) is 1.